The maximum Gasteiger partial charge on any atom is 0.305 e. The van der Waals surface area contributed by atoms with E-state index in [1.807, 2.05) is 18.2 Å². The molecule has 1 aromatic carbocycles. The van der Waals surface area contributed by atoms with E-state index in [2.05, 4.69) is 0 Å². The summed E-state index contributed by atoms with van der Waals surface area (Å²) in [6, 6.07) is 5.83. The van der Waals surface area contributed by atoms with Gasteiger partial charge in [-0.25, -0.2) is 0 Å². The predicted octanol–water partition coefficient (Wildman–Crippen LogP) is 2.10. The number of benzene rings is 1. The van der Waals surface area contributed by atoms with Crippen LogP contribution >= 0.6 is 0 Å². The number of carboxylic acid groups (broad SMARTS) is 1. The first kappa shape index (κ1) is 17.1. The lowest BCUT2D eigenvalue weighted by molar-refractivity contribution is -0.138. The Morgan fingerprint density at radius 3 is 2.43 bits per heavy atom. The van der Waals surface area contributed by atoms with Crippen LogP contribution in [0.4, 0.5) is 0 Å². The van der Waals surface area contributed by atoms with Crippen LogP contribution in [-0.2, 0) is 16.0 Å². The van der Waals surface area contributed by atoms with E-state index in [0.717, 1.165) is 18.4 Å². The van der Waals surface area contributed by atoms with Crippen molar-refractivity contribution in [1.29, 1.82) is 0 Å². The highest BCUT2D eigenvalue weighted by Crippen LogP contribution is 2.29. The highest BCUT2D eigenvalue weighted by molar-refractivity contribution is 5.78. The van der Waals surface area contributed by atoms with Gasteiger partial charge in [0.15, 0.2) is 11.5 Å². The molecule has 2 rings (SSSR count). The number of hydrogen-bond acceptors (Lipinski definition) is 4. The van der Waals surface area contributed by atoms with Gasteiger partial charge in [0.05, 0.1) is 20.6 Å². The summed E-state index contributed by atoms with van der Waals surface area (Å²) in [7, 11) is 3.16. The second kappa shape index (κ2) is 7.85. The Kier molecular flexibility index (Phi) is 5.84. The van der Waals surface area contributed by atoms with Gasteiger partial charge in [-0.2, -0.15) is 0 Å². The van der Waals surface area contributed by atoms with Crippen molar-refractivity contribution in [1.82, 2.24) is 4.90 Å². The molecule has 126 valence electrons. The first-order valence-electron chi connectivity index (χ1n) is 7.77. The molecular formula is C17H23NO5. The third-order valence-corrected chi connectivity index (χ3v) is 3.95. The fourth-order valence-corrected chi connectivity index (χ4v) is 2.54. The van der Waals surface area contributed by atoms with Gasteiger partial charge in [-0.05, 0) is 37.0 Å². The van der Waals surface area contributed by atoms with Crippen LogP contribution < -0.4 is 9.47 Å². The molecule has 0 heterocycles. The van der Waals surface area contributed by atoms with Gasteiger partial charge in [-0.3, -0.25) is 9.59 Å². The van der Waals surface area contributed by atoms with Crippen LogP contribution in [-0.4, -0.2) is 48.7 Å². The van der Waals surface area contributed by atoms with E-state index in [0.29, 0.717) is 30.9 Å². The van der Waals surface area contributed by atoms with Crippen LogP contribution in [0.1, 0.15) is 31.2 Å². The normalized spacial score (nSPS) is 13.5. The summed E-state index contributed by atoms with van der Waals surface area (Å²) >= 11 is 0. The molecule has 1 saturated carbocycles. The summed E-state index contributed by atoms with van der Waals surface area (Å²) in [4.78, 5) is 24.8. The van der Waals surface area contributed by atoms with E-state index in [9.17, 15) is 9.59 Å². The fraction of sp³-hybridized carbons (Fsp3) is 0.529. The van der Waals surface area contributed by atoms with Crippen molar-refractivity contribution < 1.29 is 24.2 Å². The zero-order valence-electron chi connectivity index (χ0n) is 13.6. The second-order valence-electron chi connectivity index (χ2n) is 5.65. The molecule has 1 amide bonds. The summed E-state index contributed by atoms with van der Waals surface area (Å²) in [6.07, 6.45) is 2.91. The number of amides is 1. The molecule has 1 aliphatic carbocycles. The van der Waals surface area contributed by atoms with Gasteiger partial charge in [0.2, 0.25) is 5.91 Å². The molecule has 1 N–H and O–H groups in total. The topological polar surface area (TPSA) is 76.1 Å². The number of rotatable bonds is 9. The van der Waals surface area contributed by atoms with E-state index < -0.39 is 5.97 Å². The molecule has 0 unspecified atom stereocenters. The van der Waals surface area contributed by atoms with E-state index in [-0.39, 0.29) is 18.4 Å². The number of hydrogen-bond donors (Lipinski definition) is 1. The van der Waals surface area contributed by atoms with Crippen molar-refractivity contribution >= 4 is 11.9 Å². The Morgan fingerprint density at radius 2 is 1.87 bits per heavy atom. The van der Waals surface area contributed by atoms with Gasteiger partial charge in [-0.1, -0.05) is 6.07 Å². The minimum absolute atomic E-state index is 0.00139. The van der Waals surface area contributed by atoms with Crippen molar-refractivity contribution in [2.45, 2.75) is 38.1 Å². The molecule has 6 heteroatoms. The lowest BCUT2D eigenvalue weighted by atomic mass is 10.1. The van der Waals surface area contributed by atoms with Gasteiger partial charge in [-0.15, -0.1) is 0 Å². The van der Waals surface area contributed by atoms with Gasteiger partial charge in [0.25, 0.3) is 0 Å². The minimum Gasteiger partial charge on any atom is -0.493 e. The predicted molar refractivity (Wildman–Crippen MR) is 84.9 cm³/mol. The van der Waals surface area contributed by atoms with Crippen molar-refractivity contribution in [2.75, 3.05) is 20.8 Å². The van der Waals surface area contributed by atoms with Crippen LogP contribution in [0, 0.1) is 0 Å². The average Bonchev–Trinajstić information content (AvgIpc) is 3.37. The molecule has 1 aliphatic rings. The number of methoxy groups -OCH3 is 2. The second-order valence-corrected chi connectivity index (χ2v) is 5.65. The number of aryl methyl sites for hydroxylation is 1. The monoisotopic (exact) mass is 321 g/mol. The number of nitrogens with zero attached hydrogens (tertiary/aromatic N) is 1. The number of ether oxygens (including phenoxy) is 2. The average molecular weight is 321 g/mol. The molecule has 1 fully saturated rings. The number of aliphatic carboxylic acids is 1. The van der Waals surface area contributed by atoms with Gasteiger partial charge >= 0.3 is 5.97 Å². The Bertz CT molecular complexity index is 568. The third-order valence-electron chi connectivity index (χ3n) is 3.95. The van der Waals surface area contributed by atoms with Crippen molar-refractivity contribution in [3.05, 3.63) is 23.8 Å². The Balaban J connectivity index is 1.93. The molecule has 0 saturated heterocycles. The summed E-state index contributed by atoms with van der Waals surface area (Å²) in [5.41, 5.74) is 0.991. The summed E-state index contributed by atoms with van der Waals surface area (Å²) in [5, 5.41) is 8.80. The van der Waals surface area contributed by atoms with Crippen molar-refractivity contribution in [2.24, 2.45) is 0 Å². The zero-order valence-corrected chi connectivity index (χ0v) is 13.6. The maximum absolute atomic E-state index is 12.4. The quantitative estimate of drug-likeness (QED) is 0.754. The molecule has 23 heavy (non-hydrogen) atoms. The summed E-state index contributed by atoms with van der Waals surface area (Å²) < 4.78 is 10.5. The minimum atomic E-state index is -0.872. The van der Waals surface area contributed by atoms with Crippen molar-refractivity contribution in [3.63, 3.8) is 0 Å². The number of carboxylic acids is 1. The van der Waals surface area contributed by atoms with E-state index in [4.69, 9.17) is 14.6 Å². The summed E-state index contributed by atoms with van der Waals surface area (Å²) in [5.74, 6) is 0.442. The summed E-state index contributed by atoms with van der Waals surface area (Å²) in [6.45, 7) is 0.296. The van der Waals surface area contributed by atoms with Crippen LogP contribution in [0.5, 0.6) is 11.5 Å². The van der Waals surface area contributed by atoms with E-state index >= 15 is 0 Å². The van der Waals surface area contributed by atoms with Gasteiger partial charge < -0.3 is 19.5 Å². The van der Waals surface area contributed by atoms with Crippen LogP contribution in [0.2, 0.25) is 0 Å². The number of carbonyl (C=O) groups excluding carboxylic acids is 1. The molecule has 6 nitrogen and oxygen atoms in total. The molecular weight excluding hydrogens is 298 g/mol. The van der Waals surface area contributed by atoms with Gasteiger partial charge in [0, 0.05) is 19.0 Å². The van der Waals surface area contributed by atoms with Crippen LogP contribution in [0.25, 0.3) is 0 Å². The van der Waals surface area contributed by atoms with E-state index in [1.54, 1.807) is 19.1 Å². The molecule has 0 aliphatic heterocycles. The molecule has 0 radical (unpaired) electrons. The molecule has 1 aromatic rings. The Morgan fingerprint density at radius 1 is 1.17 bits per heavy atom. The highest BCUT2D eigenvalue weighted by atomic mass is 16.5. The van der Waals surface area contributed by atoms with Gasteiger partial charge in [0.1, 0.15) is 0 Å². The van der Waals surface area contributed by atoms with Crippen LogP contribution in [0.3, 0.4) is 0 Å². The van der Waals surface area contributed by atoms with Crippen molar-refractivity contribution in [3.8, 4) is 11.5 Å². The molecule has 0 spiro atoms. The molecule has 0 bridgehead atoms. The largest absolute Gasteiger partial charge is 0.493 e. The van der Waals surface area contributed by atoms with E-state index in [1.165, 1.54) is 0 Å². The number of carbonyl (C=O) groups is 2. The molecule has 0 aromatic heterocycles. The Labute approximate surface area is 136 Å². The SMILES string of the molecule is COc1ccc(CCC(=O)N(CCC(=O)O)C2CC2)cc1OC. The first-order chi connectivity index (χ1) is 11.0. The lowest BCUT2D eigenvalue weighted by Crippen LogP contribution is -2.35. The standard InChI is InChI=1S/C17H23NO5/c1-22-14-7-3-12(11-15(14)23-2)4-8-16(19)18(13-5-6-13)10-9-17(20)21/h3,7,11,13H,4-6,8-10H2,1-2H3,(H,20,21). The highest BCUT2D eigenvalue weighted by Gasteiger charge is 2.32. The lowest BCUT2D eigenvalue weighted by Gasteiger charge is -2.21. The van der Waals surface area contributed by atoms with Crippen LogP contribution in [0.15, 0.2) is 18.2 Å². The zero-order chi connectivity index (χ0) is 16.8. The first-order valence-corrected chi connectivity index (χ1v) is 7.77. The fourth-order valence-electron chi connectivity index (χ4n) is 2.54. The maximum atomic E-state index is 12.4. The smallest absolute Gasteiger partial charge is 0.305 e. The Hall–Kier alpha value is -2.24. The molecule has 0 atom stereocenters. The third kappa shape index (κ3) is 4.87.